The molecule has 0 heterocycles. The van der Waals surface area contributed by atoms with Gasteiger partial charge in [0, 0.05) is 6.42 Å². The summed E-state index contributed by atoms with van der Waals surface area (Å²) >= 11 is 0. The molecule has 0 spiro atoms. The van der Waals surface area contributed by atoms with Gasteiger partial charge in [-0.25, -0.2) is 4.79 Å². The first-order valence-corrected chi connectivity index (χ1v) is 6.29. The van der Waals surface area contributed by atoms with Gasteiger partial charge in [0.25, 0.3) is 0 Å². The van der Waals surface area contributed by atoms with Crippen molar-refractivity contribution in [3.05, 3.63) is 0 Å². The summed E-state index contributed by atoms with van der Waals surface area (Å²) in [7, 11) is 0. The van der Waals surface area contributed by atoms with Crippen LogP contribution in [0.2, 0.25) is 0 Å². The molecule has 0 aromatic heterocycles. The lowest BCUT2D eigenvalue weighted by molar-refractivity contribution is -0.162. The number of aliphatic hydroxyl groups is 2. The van der Waals surface area contributed by atoms with Crippen molar-refractivity contribution < 1.29 is 29.3 Å². The minimum Gasteiger partial charge on any atom is -0.461 e. The zero-order valence-corrected chi connectivity index (χ0v) is 12.2. The van der Waals surface area contributed by atoms with E-state index in [-0.39, 0.29) is 18.9 Å². The smallest absolute Gasteiger partial charge is 0.335 e. The third kappa shape index (κ3) is 9.44. The Balaban J connectivity index is 4.13. The largest absolute Gasteiger partial charge is 0.461 e. The van der Waals surface area contributed by atoms with Crippen LogP contribution in [0.5, 0.6) is 0 Å². The van der Waals surface area contributed by atoms with Crippen molar-refractivity contribution in [1.82, 2.24) is 0 Å². The van der Waals surface area contributed by atoms with E-state index >= 15 is 0 Å². The molecule has 6 heteroatoms. The van der Waals surface area contributed by atoms with Gasteiger partial charge < -0.3 is 19.7 Å². The lowest BCUT2D eigenvalue weighted by Gasteiger charge is -2.21. The van der Waals surface area contributed by atoms with Crippen LogP contribution in [0.4, 0.5) is 0 Å². The standard InChI is InChI=1S/C13H24O6/c1-8(2)18-12(17)10(15)6-9(14)7-11(16)19-13(3,4)5/h8-10,14-15H,6-7H2,1-5H3/t9-,10+/m1/s1. The first-order chi connectivity index (χ1) is 8.51. The van der Waals surface area contributed by atoms with E-state index in [0.29, 0.717) is 0 Å². The van der Waals surface area contributed by atoms with Crippen LogP contribution in [0.1, 0.15) is 47.5 Å². The summed E-state index contributed by atoms with van der Waals surface area (Å²) in [6.07, 6.45) is -3.47. The van der Waals surface area contributed by atoms with Crippen LogP contribution in [0, 0.1) is 0 Å². The van der Waals surface area contributed by atoms with E-state index < -0.39 is 29.7 Å². The Labute approximate surface area is 113 Å². The molecule has 112 valence electrons. The molecule has 0 saturated heterocycles. The van der Waals surface area contributed by atoms with Crippen LogP contribution in [0.3, 0.4) is 0 Å². The zero-order valence-electron chi connectivity index (χ0n) is 12.2. The molecule has 0 aliphatic carbocycles. The first-order valence-electron chi connectivity index (χ1n) is 6.29. The maximum atomic E-state index is 11.4. The van der Waals surface area contributed by atoms with E-state index in [1.165, 1.54) is 0 Å². The summed E-state index contributed by atoms with van der Waals surface area (Å²) in [6, 6.07) is 0. The van der Waals surface area contributed by atoms with E-state index in [9.17, 15) is 19.8 Å². The van der Waals surface area contributed by atoms with Gasteiger partial charge in [-0.15, -0.1) is 0 Å². The van der Waals surface area contributed by atoms with Gasteiger partial charge in [-0.3, -0.25) is 4.79 Å². The highest BCUT2D eigenvalue weighted by molar-refractivity contribution is 5.75. The molecule has 2 N–H and O–H groups in total. The molecule has 6 nitrogen and oxygen atoms in total. The van der Waals surface area contributed by atoms with Crippen LogP contribution in [-0.2, 0) is 19.1 Å². The summed E-state index contributed by atoms with van der Waals surface area (Å²) in [5, 5.41) is 19.1. The maximum Gasteiger partial charge on any atom is 0.335 e. The molecule has 0 radical (unpaired) electrons. The summed E-state index contributed by atoms with van der Waals surface area (Å²) in [4.78, 5) is 22.7. The molecule has 0 rings (SSSR count). The number of rotatable bonds is 6. The normalized spacial score (nSPS) is 14.9. The van der Waals surface area contributed by atoms with Gasteiger partial charge in [0.15, 0.2) is 6.10 Å². The highest BCUT2D eigenvalue weighted by Gasteiger charge is 2.25. The Kier molecular flexibility index (Phi) is 7.00. The monoisotopic (exact) mass is 276 g/mol. The number of hydrogen-bond acceptors (Lipinski definition) is 6. The minimum atomic E-state index is -1.44. The fourth-order valence-electron chi connectivity index (χ4n) is 1.32. The molecular weight excluding hydrogens is 252 g/mol. The molecule has 19 heavy (non-hydrogen) atoms. The summed E-state index contributed by atoms with van der Waals surface area (Å²) < 4.78 is 9.80. The Hall–Kier alpha value is -1.14. The van der Waals surface area contributed by atoms with E-state index in [1.807, 2.05) is 0 Å². The van der Waals surface area contributed by atoms with Crippen LogP contribution >= 0.6 is 0 Å². The number of hydrogen-bond donors (Lipinski definition) is 2. The van der Waals surface area contributed by atoms with E-state index in [4.69, 9.17) is 9.47 Å². The Morgan fingerprint density at radius 2 is 1.68 bits per heavy atom. The summed E-state index contributed by atoms with van der Waals surface area (Å²) in [6.45, 7) is 8.45. The molecule has 0 aliphatic rings. The summed E-state index contributed by atoms with van der Waals surface area (Å²) in [5.74, 6) is -1.39. The zero-order chi connectivity index (χ0) is 15.2. The SMILES string of the molecule is CC(C)OC(=O)[C@@H](O)C[C@@H](O)CC(=O)OC(C)(C)C. The second kappa shape index (κ2) is 7.45. The van der Waals surface area contributed by atoms with Crippen molar-refractivity contribution in [2.75, 3.05) is 0 Å². The lowest BCUT2D eigenvalue weighted by atomic mass is 10.1. The number of aliphatic hydroxyl groups excluding tert-OH is 2. The second-order valence-corrected chi connectivity index (χ2v) is 5.68. The van der Waals surface area contributed by atoms with Crippen LogP contribution < -0.4 is 0 Å². The van der Waals surface area contributed by atoms with Crippen molar-refractivity contribution in [3.8, 4) is 0 Å². The molecule has 0 bridgehead atoms. The van der Waals surface area contributed by atoms with Crippen LogP contribution in [-0.4, -0.2) is 46.1 Å². The van der Waals surface area contributed by atoms with Crippen molar-refractivity contribution in [1.29, 1.82) is 0 Å². The van der Waals surface area contributed by atoms with Gasteiger partial charge in [-0.2, -0.15) is 0 Å². The van der Waals surface area contributed by atoms with Crippen molar-refractivity contribution in [2.45, 2.75) is 71.4 Å². The lowest BCUT2D eigenvalue weighted by Crippen LogP contribution is -2.32. The Morgan fingerprint density at radius 1 is 1.16 bits per heavy atom. The number of ether oxygens (including phenoxy) is 2. The van der Waals surface area contributed by atoms with Gasteiger partial charge in [0.05, 0.1) is 18.6 Å². The molecule has 0 aromatic carbocycles. The van der Waals surface area contributed by atoms with Crippen molar-refractivity contribution >= 4 is 11.9 Å². The average Bonchev–Trinajstić information content (AvgIpc) is 2.11. The predicted octanol–water partition coefficient (Wildman–Crippen LogP) is 0.782. The Bertz CT molecular complexity index is 305. The molecule has 2 atom stereocenters. The number of carbonyl (C=O) groups excluding carboxylic acids is 2. The predicted molar refractivity (Wildman–Crippen MR) is 68.3 cm³/mol. The van der Waals surface area contributed by atoms with Crippen molar-refractivity contribution in [3.63, 3.8) is 0 Å². The van der Waals surface area contributed by atoms with Gasteiger partial charge >= 0.3 is 11.9 Å². The molecular formula is C13H24O6. The molecule has 0 saturated carbocycles. The van der Waals surface area contributed by atoms with E-state index in [1.54, 1.807) is 34.6 Å². The van der Waals surface area contributed by atoms with E-state index in [0.717, 1.165) is 0 Å². The first kappa shape index (κ1) is 17.9. The quantitative estimate of drug-likeness (QED) is 0.696. The highest BCUT2D eigenvalue weighted by Crippen LogP contribution is 2.12. The number of esters is 2. The topological polar surface area (TPSA) is 93.1 Å². The molecule has 0 aliphatic heterocycles. The Morgan fingerprint density at radius 3 is 2.11 bits per heavy atom. The average molecular weight is 276 g/mol. The van der Waals surface area contributed by atoms with E-state index in [2.05, 4.69) is 0 Å². The van der Waals surface area contributed by atoms with Gasteiger partial charge in [0.1, 0.15) is 5.60 Å². The van der Waals surface area contributed by atoms with Crippen LogP contribution in [0.25, 0.3) is 0 Å². The fourth-order valence-corrected chi connectivity index (χ4v) is 1.32. The highest BCUT2D eigenvalue weighted by atomic mass is 16.6. The molecule has 0 amide bonds. The van der Waals surface area contributed by atoms with Gasteiger partial charge in [0.2, 0.25) is 0 Å². The van der Waals surface area contributed by atoms with Crippen LogP contribution in [0.15, 0.2) is 0 Å². The third-order valence-electron chi connectivity index (χ3n) is 1.94. The number of carbonyl (C=O) groups is 2. The summed E-state index contributed by atoms with van der Waals surface area (Å²) in [5.41, 5.74) is -0.633. The van der Waals surface area contributed by atoms with Crippen molar-refractivity contribution in [2.24, 2.45) is 0 Å². The molecule has 0 aromatic rings. The minimum absolute atomic E-state index is 0.259. The van der Waals surface area contributed by atoms with Gasteiger partial charge in [-0.05, 0) is 34.6 Å². The second-order valence-electron chi connectivity index (χ2n) is 5.68. The molecule has 0 unspecified atom stereocenters. The third-order valence-corrected chi connectivity index (χ3v) is 1.94. The van der Waals surface area contributed by atoms with Gasteiger partial charge in [-0.1, -0.05) is 0 Å². The molecule has 0 fully saturated rings. The fraction of sp³-hybridized carbons (Fsp3) is 0.846. The maximum absolute atomic E-state index is 11.4.